The molecule has 0 saturated carbocycles. The molecule has 5 rings (SSSR count). The van der Waals surface area contributed by atoms with Gasteiger partial charge in [-0.1, -0.05) is 13.3 Å². The third kappa shape index (κ3) is 4.55. The van der Waals surface area contributed by atoms with Crippen molar-refractivity contribution in [1.82, 2.24) is 19.7 Å². The first-order valence-electron chi connectivity index (χ1n) is 13.2. The number of benzene rings is 1. The summed E-state index contributed by atoms with van der Waals surface area (Å²) in [4.78, 5) is 31.9. The van der Waals surface area contributed by atoms with Crippen molar-refractivity contribution in [3.63, 3.8) is 0 Å². The van der Waals surface area contributed by atoms with E-state index in [1.165, 1.54) is 6.20 Å². The fourth-order valence-corrected chi connectivity index (χ4v) is 5.47. The Balaban J connectivity index is 1.66. The molecule has 1 fully saturated rings. The van der Waals surface area contributed by atoms with Crippen LogP contribution in [-0.4, -0.2) is 63.9 Å². The lowest BCUT2D eigenvalue weighted by Crippen LogP contribution is -2.55. The molecule has 1 aliphatic heterocycles. The Bertz CT molecular complexity index is 1390. The molecule has 2 N–H and O–H groups in total. The summed E-state index contributed by atoms with van der Waals surface area (Å²) in [5.41, 5.74) is 11.7. The first-order valence-corrected chi connectivity index (χ1v) is 13.2. The van der Waals surface area contributed by atoms with Crippen molar-refractivity contribution >= 4 is 11.8 Å². The lowest BCUT2D eigenvalue weighted by Gasteiger charge is -2.41. The van der Waals surface area contributed by atoms with E-state index in [1.54, 1.807) is 19.4 Å². The highest BCUT2D eigenvalue weighted by Gasteiger charge is 2.38. The molecule has 0 radical (unpaired) electrons. The minimum atomic E-state index is -0.537. The number of nitrogens with zero attached hydrogens (tertiary/aromatic N) is 4. The van der Waals surface area contributed by atoms with Crippen LogP contribution >= 0.6 is 0 Å². The number of nitrogens with two attached hydrogens (primary N) is 1. The number of unbranched alkanes of at least 4 members (excludes halogenated alkanes) is 1. The van der Waals surface area contributed by atoms with Crippen LogP contribution in [0, 0.1) is 0 Å². The molecule has 3 aromatic rings. The van der Waals surface area contributed by atoms with Gasteiger partial charge in [-0.05, 0) is 56.9 Å². The van der Waals surface area contributed by atoms with Gasteiger partial charge in [0.1, 0.15) is 5.75 Å². The van der Waals surface area contributed by atoms with Crippen molar-refractivity contribution in [3.8, 4) is 28.1 Å². The van der Waals surface area contributed by atoms with Gasteiger partial charge in [0.15, 0.2) is 5.69 Å². The largest absolute Gasteiger partial charge is 0.496 e. The molecule has 1 aliphatic carbocycles. The average molecular weight is 518 g/mol. The zero-order valence-electron chi connectivity index (χ0n) is 22.5. The minimum absolute atomic E-state index is 0.0413. The maximum absolute atomic E-state index is 13.9. The SMILES string of the molecule is CCCCn1nc(C(=O)N2CCOCC2(C)C)c2c1-c1cc(-c3cncc(C(N)=O)c3)c(OC)cc1CC2. The van der Waals surface area contributed by atoms with Crippen LogP contribution in [0.2, 0.25) is 0 Å². The number of aromatic nitrogens is 3. The molecule has 2 aliphatic rings. The molecule has 0 spiro atoms. The Hall–Kier alpha value is -3.72. The monoisotopic (exact) mass is 517 g/mol. The van der Waals surface area contributed by atoms with Gasteiger partial charge in [-0.25, -0.2) is 0 Å². The number of methoxy groups -OCH3 is 1. The van der Waals surface area contributed by atoms with E-state index in [1.807, 2.05) is 29.5 Å². The molecule has 38 heavy (non-hydrogen) atoms. The topological polar surface area (TPSA) is 113 Å². The van der Waals surface area contributed by atoms with Crippen LogP contribution in [0.1, 0.15) is 65.6 Å². The molecular weight excluding hydrogens is 482 g/mol. The zero-order valence-corrected chi connectivity index (χ0v) is 22.5. The predicted molar refractivity (Wildman–Crippen MR) is 144 cm³/mol. The van der Waals surface area contributed by atoms with Gasteiger partial charge >= 0.3 is 0 Å². The Morgan fingerprint density at radius 3 is 2.68 bits per heavy atom. The third-order valence-electron chi connectivity index (χ3n) is 7.53. The fraction of sp³-hybridized carbons (Fsp3) is 0.448. The number of carbonyl (C=O) groups excluding carboxylic acids is 2. The zero-order chi connectivity index (χ0) is 27.0. The Morgan fingerprint density at radius 2 is 1.97 bits per heavy atom. The molecule has 1 aromatic carbocycles. The summed E-state index contributed by atoms with van der Waals surface area (Å²) in [7, 11) is 1.64. The van der Waals surface area contributed by atoms with E-state index in [2.05, 4.69) is 18.0 Å². The van der Waals surface area contributed by atoms with E-state index in [9.17, 15) is 9.59 Å². The number of fused-ring (bicyclic) bond motifs is 3. The van der Waals surface area contributed by atoms with Crippen LogP contribution in [0.5, 0.6) is 5.75 Å². The first-order chi connectivity index (χ1) is 18.2. The summed E-state index contributed by atoms with van der Waals surface area (Å²) in [6, 6.07) is 5.85. The fourth-order valence-electron chi connectivity index (χ4n) is 5.47. The molecule has 0 unspecified atom stereocenters. The predicted octanol–water partition coefficient (Wildman–Crippen LogP) is 3.87. The summed E-state index contributed by atoms with van der Waals surface area (Å²) >= 11 is 0. The van der Waals surface area contributed by atoms with E-state index in [4.69, 9.17) is 20.3 Å². The summed E-state index contributed by atoms with van der Waals surface area (Å²) in [5, 5.41) is 4.93. The highest BCUT2D eigenvalue weighted by molar-refractivity contribution is 5.97. The van der Waals surface area contributed by atoms with Crippen LogP contribution in [0.3, 0.4) is 0 Å². The highest BCUT2D eigenvalue weighted by atomic mass is 16.5. The van der Waals surface area contributed by atoms with Crippen molar-refractivity contribution in [2.45, 2.75) is 58.5 Å². The number of morpholine rings is 1. The second kappa shape index (κ2) is 10.2. The van der Waals surface area contributed by atoms with Gasteiger partial charge in [0, 0.05) is 47.7 Å². The van der Waals surface area contributed by atoms with Crippen LogP contribution in [0.15, 0.2) is 30.6 Å². The third-order valence-corrected chi connectivity index (χ3v) is 7.53. The molecule has 1 saturated heterocycles. The molecule has 9 nitrogen and oxygen atoms in total. The first kappa shape index (κ1) is 25.9. The lowest BCUT2D eigenvalue weighted by molar-refractivity contribution is -0.0374. The number of rotatable bonds is 7. The van der Waals surface area contributed by atoms with E-state index in [0.717, 1.165) is 65.7 Å². The van der Waals surface area contributed by atoms with E-state index < -0.39 is 11.4 Å². The molecule has 2 aromatic heterocycles. The van der Waals surface area contributed by atoms with Crippen molar-refractivity contribution in [2.75, 3.05) is 26.9 Å². The summed E-state index contributed by atoms with van der Waals surface area (Å²) < 4.78 is 13.4. The second-order valence-electron chi connectivity index (χ2n) is 10.6. The average Bonchev–Trinajstić information content (AvgIpc) is 3.29. The number of aryl methyl sites for hydroxylation is 2. The van der Waals surface area contributed by atoms with E-state index in [-0.39, 0.29) is 5.91 Å². The normalized spacial score (nSPS) is 16.1. The van der Waals surface area contributed by atoms with Crippen LogP contribution < -0.4 is 10.5 Å². The maximum atomic E-state index is 13.9. The van der Waals surface area contributed by atoms with Gasteiger partial charge in [0.25, 0.3) is 5.91 Å². The van der Waals surface area contributed by atoms with Crippen molar-refractivity contribution in [2.24, 2.45) is 5.73 Å². The number of pyridine rings is 1. The minimum Gasteiger partial charge on any atom is -0.496 e. The standard InChI is InChI=1S/C29H35N5O4/c1-5-6-9-34-26-21(25(32-34)28(36)33-10-11-38-17-29(33,2)3)8-7-18-13-24(37-4)22(14-23(18)26)19-12-20(27(30)35)16-31-15-19/h12-16H,5-11,17H2,1-4H3,(H2,30,35). The van der Waals surface area contributed by atoms with Gasteiger partial charge < -0.3 is 20.1 Å². The molecule has 200 valence electrons. The second-order valence-corrected chi connectivity index (χ2v) is 10.6. The Kier molecular flexibility index (Phi) is 6.96. The summed E-state index contributed by atoms with van der Waals surface area (Å²) in [6.45, 7) is 8.51. The summed E-state index contributed by atoms with van der Waals surface area (Å²) in [6.07, 6.45) is 6.62. The molecular formula is C29H35N5O4. The number of amides is 2. The van der Waals surface area contributed by atoms with Crippen molar-refractivity contribution < 1.29 is 19.1 Å². The quantitative estimate of drug-likeness (QED) is 0.509. The highest BCUT2D eigenvalue weighted by Crippen LogP contribution is 2.42. The molecule has 0 atom stereocenters. The Labute approximate surface area is 222 Å². The molecule has 2 amide bonds. The van der Waals surface area contributed by atoms with Gasteiger partial charge in [0.05, 0.1) is 37.1 Å². The number of primary amides is 1. The number of ether oxygens (including phenoxy) is 2. The van der Waals surface area contributed by atoms with Crippen LogP contribution in [0.25, 0.3) is 22.4 Å². The smallest absolute Gasteiger partial charge is 0.275 e. The van der Waals surface area contributed by atoms with Gasteiger partial charge in [-0.2, -0.15) is 5.10 Å². The number of hydrogen-bond donors (Lipinski definition) is 1. The van der Waals surface area contributed by atoms with Crippen LogP contribution in [0.4, 0.5) is 0 Å². The molecule has 3 heterocycles. The van der Waals surface area contributed by atoms with Gasteiger partial charge in [0.2, 0.25) is 5.91 Å². The van der Waals surface area contributed by atoms with Gasteiger partial charge in [-0.3, -0.25) is 19.3 Å². The Morgan fingerprint density at radius 1 is 1.16 bits per heavy atom. The number of hydrogen-bond acceptors (Lipinski definition) is 6. The van der Waals surface area contributed by atoms with Crippen LogP contribution in [-0.2, 0) is 24.1 Å². The van der Waals surface area contributed by atoms with Crippen molar-refractivity contribution in [1.29, 1.82) is 0 Å². The summed E-state index contributed by atoms with van der Waals surface area (Å²) in [5.74, 6) is 0.118. The van der Waals surface area contributed by atoms with E-state index in [0.29, 0.717) is 36.8 Å². The number of carbonyl (C=O) groups is 2. The van der Waals surface area contributed by atoms with Gasteiger partial charge in [-0.15, -0.1) is 0 Å². The molecule has 9 heteroatoms. The molecule has 0 bridgehead atoms. The maximum Gasteiger partial charge on any atom is 0.275 e. The van der Waals surface area contributed by atoms with Crippen molar-refractivity contribution in [3.05, 3.63) is 53.0 Å². The lowest BCUT2D eigenvalue weighted by atomic mass is 9.86. The van der Waals surface area contributed by atoms with E-state index >= 15 is 0 Å².